The van der Waals surface area contributed by atoms with Gasteiger partial charge in [-0.2, -0.15) is 5.10 Å². The minimum Gasteiger partial charge on any atom is -0.493 e. The van der Waals surface area contributed by atoms with Crippen molar-refractivity contribution in [1.82, 2.24) is 10.7 Å². The Kier molecular flexibility index (Phi) is 9.21. The van der Waals surface area contributed by atoms with E-state index in [0.29, 0.717) is 17.1 Å². The molecule has 0 saturated heterocycles. The van der Waals surface area contributed by atoms with Crippen molar-refractivity contribution < 1.29 is 23.8 Å². The lowest BCUT2D eigenvalue weighted by Gasteiger charge is -2.12. The monoisotopic (exact) mass is 473 g/mol. The van der Waals surface area contributed by atoms with Crippen LogP contribution in [0.4, 0.5) is 4.79 Å². The molecule has 0 spiro atoms. The second-order valence-corrected chi connectivity index (χ2v) is 6.64. The molecule has 9 heteroatoms. The summed E-state index contributed by atoms with van der Waals surface area (Å²) in [6, 6.07) is 12.6. The Morgan fingerprint density at radius 3 is 2.73 bits per heavy atom. The van der Waals surface area contributed by atoms with E-state index in [4.69, 9.17) is 20.6 Å². The number of nitrogens with one attached hydrogen (secondary N) is 2. The van der Waals surface area contributed by atoms with Crippen LogP contribution in [0.2, 0.25) is 0 Å². The summed E-state index contributed by atoms with van der Waals surface area (Å²) in [5, 5.41) is 6.22. The largest absolute Gasteiger partial charge is 0.493 e. The van der Waals surface area contributed by atoms with Gasteiger partial charge in [-0.3, -0.25) is 4.79 Å². The van der Waals surface area contributed by atoms with E-state index >= 15 is 0 Å². The van der Waals surface area contributed by atoms with Crippen LogP contribution in [0.1, 0.15) is 11.1 Å². The molecule has 0 aliphatic rings. The Hall–Kier alpha value is -3.51. The quantitative estimate of drug-likeness (QED) is 0.331. The Labute approximate surface area is 182 Å². The number of benzene rings is 2. The number of alkyl carbamates (subject to hydrolysis) is 1. The normalized spacial score (nSPS) is 10.2. The summed E-state index contributed by atoms with van der Waals surface area (Å²) in [5.41, 5.74) is 3.68. The van der Waals surface area contributed by atoms with Crippen LogP contribution < -0.4 is 20.2 Å². The van der Waals surface area contributed by atoms with Crippen LogP contribution in [-0.2, 0) is 16.1 Å². The van der Waals surface area contributed by atoms with E-state index in [2.05, 4.69) is 37.7 Å². The van der Waals surface area contributed by atoms with Gasteiger partial charge in [-0.05, 0) is 17.7 Å². The zero-order valence-corrected chi connectivity index (χ0v) is 17.8. The molecule has 0 bridgehead atoms. The van der Waals surface area contributed by atoms with Gasteiger partial charge in [0.2, 0.25) is 0 Å². The van der Waals surface area contributed by atoms with Gasteiger partial charge in [0.1, 0.15) is 19.8 Å². The predicted octanol–water partition coefficient (Wildman–Crippen LogP) is 2.85. The second kappa shape index (κ2) is 12.1. The molecule has 2 amide bonds. The third-order valence-electron chi connectivity index (χ3n) is 3.57. The lowest BCUT2D eigenvalue weighted by Crippen LogP contribution is -2.35. The zero-order chi connectivity index (χ0) is 21.8. The Balaban J connectivity index is 1.86. The summed E-state index contributed by atoms with van der Waals surface area (Å²) >= 11 is 3.36. The molecule has 8 nitrogen and oxygen atoms in total. The van der Waals surface area contributed by atoms with Crippen molar-refractivity contribution in [1.29, 1.82) is 0 Å². The molecular weight excluding hydrogens is 454 g/mol. The number of methoxy groups -OCH3 is 1. The molecule has 0 fully saturated rings. The minimum absolute atomic E-state index is 0.0419. The number of ether oxygens (including phenoxy) is 3. The van der Waals surface area contributed by atoms with Gasteiger partial charge in [0.05, 0.1) is 13.3 Å². The van der Waals surface area contributed by atoms with Crippen molar-refractivity contribution in [3.63, 3.8) is 0 Å². The molecule has 0 saturated carbocycles. The fraction of sp³-hybridized carbons (Fsp3) is 0.190. The number of halogens is 1. The molecule has 2 rings (SSSR count). The molecule has 2 N–H and O–H groups in total. The molecule has 2 aromatic carbocycles. The molecule has 0 aromatic heterocycles. The third-order valence-corrected chi connectivity index (χ3v) is 4.02. The maximum Gasteiger partial charge on any atom is 0.407 e. The Morgan fingerprint density at radius 2 is 2.03 bits per heavy atom. The number of amides is 2. The Morgan fingerprint density at radius 1 is 1.27 bits per heavy atom. The first-order chi connectivity index (χ1) is 14.5. The number of carbonyl (C=O) groups excluding carboxylic acids is 2. The highest BCUT2D eigenvalue weighted by Crippen LogP contribution is 2.33. The number of rotatable bonds is 9. The highest BCUT2D eigenvalue weighted by molar-refractivity contribution is 9.10. The maximum atomic E-state index is 11.9. The van der Waals surface area contributed by atoms with Gasteiger partial charge in [0.15, 0.2) is 11.5 Å². The average Bonchev–Trinajstić information content (AvgIpc) is 2.75. The van der Waals surface area contributed by atoms with Crippen molar-refractivity contribution >= 4 is 34.1 Å². The lowest BCUT2D eigenvalue weighted by molar-refractivity contribution is -0.120. The first kappa shape index (κ1) is 22.8. The van der Waals surface area contributed by atoms with Crippen molar-refractivity contribution in [3.05, 3.63) is 58.1 Å². The van der Waals surface area contributed by atoms with Gasteiger partial charge >= 0.3 is 6.09 Å². The molecule has 0 aliphatic carbocycles. The standard InChI is InChI=1S/C21H20BrN3O5/c1-3-9-29-20-16(10-17(22)11-18(20)28-2)12-24-25-19(26)13-23-21(27)30-14-15-7-5-4-6-8-15/h1,4-8,10-12H,9,13-14H2,2H3,(H,23,27)(H,25,26)/b24-12+. The van der Waals surface area contributed by atoms with Gasteiger partial charge in [-0.1, -0.05) is 52.2 Å². The average molecular weight is 474 g/mol. The molecule has 156 valence electrons. The van der Waals surface area contributed by atoms with Gasteiger partial charge in [-0.25, -0.2) is 10.2 Å². The molecule has 0 heterocycles. The van der Waals surface area contributed by atoms with Crippen LogP contribution in [0.5, 0.6) is 11.5 Å². The molecule has 0 atom stereocenters. The van der Waals surface area contributed by atoms with Crippen LogP contribution >= 0.6 is 15.9 Å². The number of hydrogen-bond acceptors (Lipinski definition) is 6. The lowest BCUT2D eigenvalue weighted by atomic mass is 10.2. The first-order valence-corrected chi connectivity index (χ1v) is 9.53. The van der Waals surface area contributed by atoms with Crippen molar-refractivity contribution in [2.24, 2.45) is 5.10 Å². The second-order valence-electron chi connectivity index (χ2n) is 5.73. The first-order valence-electron chi connectivity index (χ1n) is 8.73. The number of hydrazone groups is 1. The number of terminal acetylenes is 1. The van der Waals surface area contributed by atoms with Crippen LogP contribution in [0, 0.1) is 12.3 Å². The van der Waals surface area contributed by atoms with Gasteiger partial charge in [-0.15, -0.1) is 6.42 Å². The van der Waals surface area contributed by atoms with Crippen LogP contribution in [0.15, 0.2) is 52.0 Å². The van der Waals surface area contributed by atoms with Crippen molar-refractivity contribution in [2.75, 3.05) is 20.3 Å². The summed E-state index contributed by atoms with van der Waals surface area (Å²) in [6.07, 6.45) is 5.91. The van der Waals surface area contributed by atoms with Crippen LogP contribution in [0.25, 0.3) is 0 Å². The highest BCUT2D eigenvalue weighted by Gasteiger charge is 2.12. The topological polar surface area (TPSA) is 98.2 Å². The summed E-state index contributed by atoms with van der Waals surface area (Å²) in [4.78, 5) is 23.5. The highest BCUT2D eigenvalue weighted by atomic mass is 79.9. The fourth-order valence-electron chi connectivity index (χ4n) is 2.24. The molecule has 0 aliphatic heterocycles. The minimum atomic E-state index is -0.709. The van der Waals surface area contributed by atoms with Crippen molar-refractivity contribution in [3.8, 4) is 23.8 Å². The van der Waals surface area contributed by atoms with Crippen molar-refractivity contribution in [2.45, 2.75) is 6.61 Å². The summed E-state index contributed by atoms with van der Waals surface area (Å²) in [7, 11) is 1.50. The van der Waals surface area contributed by atoms with E-state index < -0.39 is 12.0 Å². The van der Waals surface area contributed by atoms with E-state index in [1.165, 1.54) is 13.3 Å². The fourth-order valence-corrected chi connectivity index (χ4v) is 2.70. The predicted molar refractivity (Wildman–Crippen MR) is 115 cm³/mol. The van der Waals surface area contributed by atoms with Crippen LogP contribution in [0.3, 0.4) is 0 Å². The third kappa shape index (κ3) is 7.48. The maximum absolute atomic E-state index is 11.9. The molecule has 0 unspecified atom stereocenters. The SMILES string of the molecule is C#CCOc1c(/C=N/NC(=O)CNC(=O)OCc2ccccc2)cc(Br)cc1OC. The van der Waals surface area contributed by atoms with E-state index in [9.17, 15) is 9.59 Å². The van der Waals surface area contributed by atoms with Gasteiger partial charge in [0, 0.05) is 10.0 Å². The molecular formula is C21H20BrN3O5. The molecule has 30 heavy (non-hydrogen) atoms. The number of nitrogens with zero attached hydrogens (tertiary/aromatic N) is 1. The van der Waals surface area contributed by atoms with E-state index in [1.807, 2.05) is 30.3 Å². The number of carbonyl (C=O) groups is 2. The molecule has 2 aromatic rings. The summed E-state index contributed by atoms with van der Waals surface area (Å²) in [6.45, 7) is -0.148. The smallest absolute Gasteiger partial charge is 0.407 e. The number of hydrogen-bond donors (Lipinski definition) is 2. The zero-order valence-electron chi connectivity index (χ0n) is 16.2. The Bertz CT molecular complexity index is 942. The summed E-state index contributed by atoms with van der Waals surface area (Å²) < 4.78 is 16.5. The van der Waals surface area contributed by atoms with Crippen LogP contribution in [-0.4, -0.2) is 38.5 Å². The molecule has 0 radical (unpaired) electrons. The van der Waals surface area contributed by atoms with Gasteiger partial charge < -0.3 is 19.5 Å². The van der Waals surface area contributed by atoms with Gasteiger partial charge in [0.25, 0.3) is 5.91 Å². The summed E-state index contributed by atoms with van der Waals surface area (Å²) in [5.74, 6) is 2.69. The van der Waals surface area contributed by atoms with E-state index in [-0.39, 0.29) is 19.8 Å². The van der Waals surface area contributed by atoms with E-state index in [0.717, 1.165) is 10.0 Å². The van der Waals surface area contributed by atoms with E-state index in [1.54, 1.807) is 12.1 Å².